The average molecular weight is 298 g/mol. The lowest BCUT2D eigenvalue weighted by molar-refractivity contribution is 0.159. The molecule has 0 unspecified atom stereocenters. The smallest absolute Gasteiger partial charge is 0.179 e. The molecular formula is C14H20ClN3O2. The molecule has 1 fully saturated rings. The number of hydrogen-bond acceptors (Lipinski definition) is 5. The van der Waals surface area contributed by atoms with Crippen LogP contribution in [0, 0.1) is 0 Å². The highest BCUT2D eigenvalue weighted by molar-refractivity contribution is 6.32. The Hall–Kier alpha value is -1.46. The highest BCUT2D eigenvalue weighted by Gasteiger charge is 2.12. The fourth-order valence-electron chi connectivity index (χ4n) is 2.07. The first kappa shape index (κ1) is 14.9. The van der Waals surface area contributed by atoms with E-state index in [0.717, 1.165) is 31.7 Å². The topological polar surface area (TPSA) is 37.3 Å². The molecule has 6 heteroatoms. The van der Waals surface area contributed by atoms with Gasteiger partial charge in [0.2, 0.25) is 0 Å². The second-order valence-corrected chi connectivity index (χ2v) is 5.15. The molecule has 0 saturated carbocycles. The van der Waals surface area contributed by atoms with E-state index in [0.29, 0.717) is 16.5 Å². The van der Waals surface area contributed by atoms with E-state index < -0.39 is 0 Å². The molecule has 1 aromatic rings. The van der Waals surface area contributed by atoms with Gasteiger partial charge in [0.15, 0.2) is 11.5 Å². The summed E-state index contributed by atoms with van der Waals surface area (Å²) >= 11 is 6.17. The van der Waals surface area contributed by atoms with Gasteiger partial charge in [0, 0.05) is 26.2 Å². The molecule has 0 spiro atoms. The number of benzene rings is 1. The molecule has 0 atom stereocenters. The van der Waals surface area contributed by atoms with Crippen molar-refractivity contribution in [3.8, 4) is 11.5 Å². The minimum absolute atomic E-state index is 0.520. The number of piperazine rings is 1. The van der Waals surface area contributed by atoms with E-state index in [1.54, 1.807) is 20.4 Å². The number of hydrazone groups is 1. The summed E-state index contributed by atoms with van der Waals surface area (Å²) in [6.07, 6.45) is 1.80. The van der Waals surface area contributed by atoms with Crippen LogP contribution in [0.3, 0.4) is 0 Å². The lowest BCUT2D eigenvalue weighted by Crippen LogP contribution is -2.41. The molecule has 1 heterocycles. The molecule has 0 aromatic heterocycles. The van der Waals surface area contributed by atoms with Crippen molar-refractivity contribution in [1.29, 1.82) is 0 Å². The first-order valence-corrected chi connectivity index (χ1v) is 6.91. The van der Waals surface area contributed by atoms with E-state index in [4.69, 9.17) is 21.1 Å². The van der Waals surface area contributed by atoms with Crippen molar-refractivity contribution in [2.75, 3.05) is 47.4 Å². The molecule has 0 amide bonds. The largest absolute Gasteiger partial charge is 0.493 e. The molecule has 1 aromatic carbocycles. The predicted molar refractivity (Wildman–Crippen MR) is 81.2 cm³/mol. The van der Waals surface area contributed by atoms with Crippen LogP contribution < -0.4 is 9.47 Å². The van der Waals surface area contributed by atoms with Crippen molar-refractivity contribution in [1.82, 2.24) is 9.91 Å². The zero-order valence-corrected chi connectivity index (χ0v) is 12.9. The Bertz CT molecular complexity index is 486. The maximum Gasteiger partial charge on any atom is 0.179 e. The van der Waals surface area contributed by atoms with Crippen LogP contribution in [0.2, 0.25) is 5.02 Å². The van der Waals surface area contributed by atoms with Crippen molar-refractivity contribution in [3.63, 3.8) is 0 Å². The summed E-state index contributed by atoms with van der Waals surface area (Å²) in [5.74, 6) is 1.16. The van der Waals surface area contributed by atoms with Crippen molar-refractivity contribution in [3.05, 3.63) is 22.7 Å². The second-order valence-electron chi connectivity index (χ2n) is 4.74. The van der Waals surface area contributed by atoms with Gasteiger partial charge in [0.25, 0.3) is 0 Å². The van der Waals surface area contributed by atoms with E-state index in [1.807, 2.05) is 12.1 Å². The minimum atomic E-state index is 0.520. The van der Waals surface area contributed by atoms with Gasteiger partial charge < -0.3 is 14.4 Å². The van der Waals surface area contributed by atoms with Crippen LogP contribution >= 0.6 is 11.6 Å². The molecule has 5 nitrogen and oxygen atoms in total. The summed E-state index contributed by atoms with van der Waals surface area (Å²) in [6, 6.07) is 3.69. The molecule has 1 aliphatic heterocycles. The molecule has 0 N–H and O–H groups in total. The van der Waals surface area contributed by atoms with Gasteiger partial charge in [0.1, 0.15) is 0 Å². The summed E-state index contributed by atoms with van der Waals surface area (Å²) in [4.78, 5) is 2.29. The molecule has 1 aliphatic rings. The van der Waals surface area contributed by atoms with E-state index in [9.17, 15) is 0 Å². The Morgan fingerprint density at radius 1 is 1.15 bits per heavy atom. The number of halogens is 1. The zero-order valence-electron chi connectivity index (χ0n) is 12.1. The Balaban J connectivity index is 2.11. The van der Waals surface area contributed by atoms with Gasteiger partial charge in [-0.25, -0.2) is 0 Å². The van der Waals surface area contributed by atoms with Gasteiger partial charge in [-0.15, -0.1) is 0 Å². The molecule has 0 radical (unpaired) electrons. The molecule has 0 bridgehead atoms. The van der Waals surface area contributed by atoms with E-state index >= 15 is 0 Å². The highest BCUT2D eigenvalue weighted by Crippen LogP contribution is 2.35. The SMILES string of the molecule is COc1cc(/C=N/N2CCN(C)CC2)cc(Cl)c1OC. The maximum absolute atomic E-state index is 6.17. The number of rotatable bonds is 4. The molecule has 2 rings (SSSR count). The summed E-state index contributed by atoms with van der Waals surface area (Å²) in [5.41, 5.74) is 0.895. The lowest BCUT2D eigenvalue weighted by atomic mass is 10.2. The molecule has 20 heavy (non-hydrogen) atoms. The maximum atomic E-state index is 6.17. The van der Waals surface area contributed by atoms with Crippen LogP contribution in [0.1, 0.15) is 5.56 Å². The molecule has 0 aliphatic carbocycles. The fourth-order valence-corrected chi connectivity index (χ4v) is 2.37. The van der Waals surface area contributed by atoms with Gasteiger partial charge >= 0.3 is 0 Å². The second kappa shape index (κ2) is 6.81. The molecule has 110 valence electrons. The van der Waals surface area contributed by atoms with E-state index in [-0.39, 0.29) is 0 Å². The van der Waals surface area contributed by atoms with Crippen LogP contribution in [0.4, 0.5) is 0 Å². The Labute approximate surface area is 124 Å². The predicted octanol–water partition coefficient (Wildman–Crippen LogP) is 1.94. The normalized spacial score (nSPS) is 16.7. The number of ether oxygens (including phenoxy) is 2. The average Bonchev–Trinajstić information content (AvgIpc) is 2.46. The summed E-state index contributed by atoms with van der Waals surface area (Å²) in [7, 11) is 5.28. The number of nitrogens with zero attached hydrogens (tertiary/aromatic N) is 3. The molecular weight excluding hydrogens is 278 g/mol. The Morgan fingerprint density at radius 2 is 1.85 bits per heavy atom. The van der Waals surface area contributed by atoms with Gasteiger partial charge in [-0.3, -0.25) is 5.01 Å². The van der Waals surface area contributed by atoms with Crippen molar-refractivity contribution >= 4 is 17.8 Å². The van der Waals surface area contributed by atoms with E-state index in [1.165, 1.54) is 0 Å². The van der Waals surface area contributed by atoms with Crippen LogP contribution in [0.5, 0.6) is 11.5 Å². The van der Waals surface area contributed by atoms with Gasteiger partial charge in [-0.1, -0.05) is 11.6 Å². The zero-order chi connectivity index (χ0) is 14.5. The first-order chi connectivity index (χ1) is 9.63. The van der Waals surface area contributed by atoms with Gasteiger partial charge in [-0.2, -0.15) is 5.10 Å². The summed E-state index contributed by atoms with van der Waals surface area (Å²) in [6.45, 7) is 3.94. The standard InChI is InChI=1S/C14H20ClN3O2/c1-17-4-6-18(7-5-17)16-10-11-8-12(15)14(20-3)13(9-11)19-2/h8-10H,4-7H2,1-3H3/b16-10+. The van der Waals surface area contributed by atoms with Gasteiger partial charge in [0.05, 0.1) is 25.5 Å². The van der Waals surface area contributed by atoms with Crippen molar-refractivity contribution < 1.29 is 9.47 Å². The Morgan fingerprint density at radius 3 is 2.45 bits per heavy atom. The quantitative estimate of drug-likeness (QED) is 0.796. The third-order valence-electron chi connectivity index (χ3n) is 3.31. The number of methoxy groups -OCH3 is 2. The van der Waals surface area contributed by atoms with E-state index in [2.05, 4.69) is 22.1 Å². The first-order valence-electron chi connectivity index (χ1n) is 6.53. The van der Waals surface area contributed by atoms with Crippen molar-refractivity contribution in [2.45, 2.75) is 0 Å². The van der Waals surface area contributed by atoms with Crippen LogP contribution in [0.25, 0.3) is 0 Å². The minimum Gasteiger partial charge on any atom is -0.493 e. The van der Waals surface area contributed by atoms with Crippen LogP contribution in [-0.4, -0.2) is 63.6 Å². The third-order valence-corrected chi connectivity index (χ3v) is 3.59. The number of hydrogen-bond donors (Lipinski definition) is 0. The van der Waals surface area contributed by atoms with Crippen LogP contribution in [-0.2, 0) is 0 Å². The molecule has 1 saturated heterocycles. The fraction of sp³-hybridized carbons (Fsp3) is 0.500. The summed E-state index contributed by atoms with van der Waals surface area (Å²) < 4.78 is 10.5. The van der Waals surface area contributed by atoms with Gasteiger partial charge in [-0.05, 0) is 24.7 Å². The third kappa shape index (κ3) is 3.55. The van der Waals surface area contributed by atoms with Crippen molar-refractivity contribution in [2.24, 2.45) is 5.10 Å². The monoisotopic (exact) mass is 297 g/mol. The lowest BCUT2D eigenvalue weighted by Gasteiger charge is -2.30. The Kier molecular flexibility index (Phi) is 5.09. The van der Waals surface area contributed by atoms with Crippen LogP contribution in [0.15, 0.2) is 17.2 Å². The highest BCUT2D eigenvalue weighted by atomic mass is 35.5. The summed E-state index contributed by atoms with van der Waals surface area (Å²) in [5, 5.41) is 7.07. The number of likely N-dealkylation sites (N-methyl/N-ethyl adjacent to an activating group) is 1.